The minimum Gasteiger partial charge on any atom is -0.358 e. The molecule has 0 aliphatic carbocycles. The minimum absolute atomic E-state index is 0.0398. The summed E-state index contributed by atoms with van der Waals surface area (Å²) in [5.74, 6) is 1.18. The molecule has 0 aliphatic rings. The molecule has 24 heavy (non-hydrogen) atoms. The number of ether oxygens (including phenoxy) is 1. The van der Waals surface area contributed by atoms with Gasteiger partial charge in [0.2, 0.25) is 20.8 Å². The molecule has 134 valence electrons. The van der Waals surface area contributed by atoms with Crippen LogP contribution in [-0.4, -0.2) is 59.3 Å². The number of aromatic nitrogens is 4. The van der Waals surface area contributed by atoms with Crippen molar-refractivity contribution < 1.29 is 13.2 Å². The summed E-state index contributed by atoms with van der Waals surface area (Å²) < 4.78 is 31.6. The van der Waals surface area contributed by atoms with E-state index < -0.39 is 17.0 Å². The highest BCUT2D eigenvalue weighted by atomic mass is 127. The maximum atomic E-state index is 11.9. The molecular weight excluding hydrogens is 531 g/mol. The number of hydrogen-bond donors (Lipinski definition) is 0. The van der Waals surface area contributed by atoms with Crippen LogP contribution in [-0.2, 0) is 21.3 Å². The third kappa shape index (κ3) is 5.93. The second-order valence-corrected chi connectivity index (χ2v) is 18.7. The molecule has 0 spiro atoms. The largest absolute Gasteiger partial charge is 0.358 e. The summed E-state index contributed by atoms with van der Waals surface area (Å²) in [6, 6.07) is 3.52. The smallest absolute Gasteiger partial charge is 0.248 e. The number of pyridine rings is 1. The fraction of sp³-hybridized carbons (Fsp3) is 0.462. The lowest BCUT2D eigenvalue weighted by Crippen LogP contribution is -2.14. The van der Waals surface area contributed by atoms with E-state index in [9.17, 15) is 8.42 Å². The molecule has 0 aromatic carbocycles. The zero-order chi connectivity index (χ0) is 18.0. The molecule has 0 saturated heterocycles. The molecule has 0 fully saturated rings. The van der Waals surface area contributed by atoms with Crippen LogP contribution in [0, 0.1) is 0 Å². The van der Waals surface area contributed by atoms with Gasteiger partial charge in [-0.3, -0.25) is 4.98 Å². The van der Waals surface area contributed by atoms with Crippen molar-refractivity contribution in [3.05, 3.63) is 22.8 Å². The van der Waals surface area contributed by atoms with Crippen LogP contribution in [0.2, 0.25) is 0 Å². The van der Waals surface area contributed by atoms with E-state index in [4.69, 9.17) is 4.74 Å². The van der Waals surface area contributed by atoms with Gasteiger partial charge < -0.3 is 4.74 Å². The third-order valence-corrected chi connectivity index (χ3v) is 6.75. The van der Waals surface area contributed by atoms with Crippen molar-refractivity contribution in [3.63, 3.8) is 0 Å². The summed E-state index contributed by atoms with van der Waals surface area (Å²) >= 11 is 5.73. The van der Waals surface area contributed by atoms with Gasteiger partial charge in [-0.15, -0.1) is 5.10 Å². The van der Waals surface area contributed by atoms with Crippen molar-refractivity contribution in [1.82, 2.24) is 19.7 Å². The normalized spacial score (nSPS) is 13.2. The predicted molar refractivity (Wildman–Crippen MR) is 108 cm³/mol. The first-order valence-corrected chi connectivity index (χ1v) is 14.7. The lowest BCUT2D eigenvalue weighted by atomic mass is 10.3. The average Bonchev–Trinajstić information content (AvgIpc) is 2.88. The van der Waals surface area contributed by atoms with E-state index in [0.29, 0.717) is 12.3 Å². The number of nitrogens with zero attached hydrogens (tertiary/aromatic N) is 4. The van der Waals surface area contributed by atoms with Crippen molar-refractivity contribution in [3.8, 4) is 11.5 Å². The highest BCUT2D eigenvalue weighted by molar-refractivity contribution is 14.2. The topological polar surface area (TPSA) is 87.0 Å². The van der Waals surface area contributed by atoms with Crippen LogP contribution >= 0.6 is 44.3 Å². The van der Waals surface area contributed by atoms with Gasteiger partial charge in [0.1, 0.15) is 12.4 Å². The Morgan fingerprint density at radius 3 is 2.54 bits per heavy atom. The van der Waals surface area contributed by atoms with E-state index in [0.717, 1.165) is 16.5 Å². The summed E-state index contributed by atoms with van der Waals surface area (Å²) in [5, 5.41) is 4.12. The maximum Gasteiger partial charge on any atom is 0.248 e. The molecule has 0 aliphatic heterocycles. The number of sulfone groups is 1. The second kappa shape index (κ2) is 7.98. The molecular formula is C13H18BrIN4O3S2. The van der Waals surface area contributed by atoms with Crippen LogP contribution in [0.15, 0.2) is 28.0 Å². The fourth-order valence-corrected chi connectivity index (χ4v) is 3.73. The Labute approximate surface area is 163 Å². The maximum absolute atomic E-state index is 11.9. The van der Waals surface area contributed by atoms with E-state index in [-0.39, 0.29) is 17.7 Å². The zero-order valence-electron chi connectivity index (χ0n) is 13.4. The lowest BCUT2D eigenvalue weighted by Gasteiger charge is -2.21. The Morgan fingerprint density at radius 2 is 2.00 bits per heavy atom. The SMILES string of the molecule is CS(C)(I)CCOCn1nc(-c2ccc(Br)cn2)nc1S(C)(=O)=O. The Bertz CT molecular complexity index is 804. The number of rotatable bonds is 7. The van der Waals surface area contributed by atoms with Crippen LogP contribution < -0.4 is 0 Å². The zero-order valence-corrected chi connectivity index (χ0v) is 18.8. The van der Waals surface area contributed by atoms with Crippen molar-refractivity contribution in [2.75, 3.05) is 31.1 Å². The number of halogens is 2. The van der Waals surface area contributed by atoms with Gasteiger partial charge in [-0.1, -0.05) is 0 Å². The molecule has 2 heterocycles. The van der Waals surface area contributed by atoms with Crippen molar-refractivity contribution >= 4 is 54.2 Å². The second-order valence-electron chi connectivity index (χ2n) is 5.50. The highest BCUT2D eigenvalue weighted by Gasteiger charge is 2.21. The summed E-state index contributed by atoms with van der Waals surface area (Å²) in [7, 11) is -4.21. The van der Waals surface area contributed by atoms with Gasteiger partial charge in [0.25, 0.3) is 0 Å². The Hall–Kier alpha value is -0.240. The molecule has 0 radical (unpaired) electrons. The fourth-order valence-electron chi connectivity index (χ4n) is 1.71. The standard InChI is InChI=1S/C13H18BrIN4O3S2/c1-23(2,15)7-6-22-9-19-13(24(3,20)21)17-12(18-19)11-5-4-10(14)8-16-11/h4-5,8H,6-7,9H2,1-3H3. The Balaban J connectivity index is 2.21. The molecule has 0 amide bonds. The van der Waals surface area contributed by atoms with Crippen LogP contribution in [0.5, 0.6) is 0 Å². The molecule has 0 unspecified atom stereocenters. The van der Waals surface area contributed by atoms with Gasteiger partial charge in [-0.05, 0) is 61.8 Å². The molecule has 0 atom stereocenters. The van der Waals surface area contributed by atoms with Gasteiger partial charge in [-0.2, -0.15) is 12.2 Å². The van der Waals surface area contributed by atoms with Gasteiger partial charge in [0.05, 0.1) is 6.61 Å². The van der Waals surface area contributed by atoms with Crippen LogP contribution in [0.1, 0.15) is 0 Å². The van der Waals surface area contributed by atoms with E-state index in [2.05, 4.69) is 64.7 Å². The lowest BCUT2D eigenvalue weighted by molar-refractivity contribution is 0.0739. The van der Waals surface area contributed by atoms with Crippen LogP contribution in [0.25, 0.3) is 11.5 Å². The van der Waals surface area contributed by atoms with E-state index in [1.165, 1.54) is 4.68 Å². The first kappa shape index (κ1) is 20.1. The van der Waals surface area contributed by atoms with E-state index in [1.54, 1.807) is 18.3 Å². The quantitative estimate of drug-likeness (QED) is 0.390. The summed E-state index contributed by atoms with van der Waals surface area (Å²) in [4.78, 5) is 8.31. The molecule has 2 aromatic heterocycles. The molecule has 2 aromatic rings. The average molecular weight is 549 g/mol. The predicted octanol–water partition coefficient (Wildman–Crippen LogP) is 2.89. The van der Waals surface area contributed by atoms with Gasteiger partial charge in [0, 0.05) is 22.7 Å². The van der Waals surface area contributed by atoms with Crippen molar-refractivity contribution in [2.24, 2.45) is 0 Å². The highest BCUT2D eigenvalue weighted by Crippen LogP contribution is 2.48. The number of hydrogen-bond acceptors (Lipinski definition) is 6. The molecule has 0 N–H and O–H groups in total. The van der Waals surface area contributed by atoms with Crippen LogP contribution in [0.4, 0.5) is 0 Å². The van der Waals surface area contributed by atoms with Gasteiger partial charge in [-0.25, -0.2) is 13.1 Å². The molecule has 2 rings (SSSR count). The van der Waals surface area contributed by atoms with Crippen LogP contribution in [0.3, 0.4) is 0 Å². The summed E-state index contributed by atoms with van der Waals surface area (Å²) in [6.45, 7) is 0.582. The monoisotopic (exact) mass is 548 g/mol. The first-order valence-electron chi connectivity index (χ1n) is 6.81. The Morgan fingerprint density at radius 1 is 1.29 bits per heavy atom. The minimum atomic E-state index is -3.52. The third-order valence-electron chi connectivity index (χ3n) is 2.85. The first-order chi connectivity index (χ1) is 11.1. The molecule has 7 nitrogen and oxygen atoms in total. The Kier molecular flexibility index (Phi) is 6.67. The van der Waals surface area contributed by atoms with Gasteiger partial charge >= 0.3 is 0 Å². The summed E-state index contributed by atoms with van der Waals surface area (Å²) in [6.07, 6.45) is 7.08. The molecule has 0 bridgehead atoms. The van der Waals surface area contributed by atoms with Crippen molar-refractivity contribution in [2.45, 2.75) is 11.9 Å². The summed E-state index contributed by atoms with van der Waals surface area (Å²) in [5.41, 5.74) is 0.500. The van der Waals surface area contributed by atoms with Gasteiger partial charge in [0.15, 0.2) is 0 Å². The van der Waals surface area contributed by atoms with E-state index in [1.807, 2.05) is 0 Å². The van der Waals surface area contributed by atoms with E-state index >= 15 is 0 Å². The van der Waals surface area contributed by atoms with Crippen molar-refractivity contribution in [1.29, 1.82) is 0 Å². The molecule has 0 saturated carbocycles. The molecule has 11 heteroatoms.